The van der Waals surface area contributed by atoms with E-state index in [2.05, 4.69) is 18.0 Å². The first kappa shape index (κ1) is 17.3. The van der Waals surface area contributed by atoms with Gasteiger partial charge in [-0.05, 0) is 45.5 Å². The molecule has 1 spiro atoms. The Kier molecular flexibility index (Phi) is 4.16. The fourth-order valence-electron chi connectivity index (χ4n) is 4.37. The number of nitrogens with zero attached hydrogens (tertiary/aromatic N) is 1. The fraction of sp³-hybridized carbons (Fsp3) is 0.476. The number of allylic oxidation sites excluding steroid dienone is 1. The van der Waals surface area contributed by atoms with Crippen molar-refractivity contribution >= 4 is 5.97 Å². The van der Waals surface area contributed by atoms with E-state index in [4.69, 9.17) is 9.47 Å². The summed E-state index contributed by atoms with van der Waals surface area (Å²) in [7, 11) is 2.12. The van der Waals surface area contributed by atoms with Gasteiger partial charge in [-0.3, -0.25) is 0 Å². The van der Waals surface area contributed by atoms with Gasteiger partial charge in [0.25, 0.3) is 0 Å². The van der Waals surface area contributed by atoms with Crippen LogP contribution in [0.2, 0.25) is 0 Å². The van der Waals surface area contributed by atoms with Gasteiger partial charge in [0.15, 0.2) is 11.5 Å². The van der Waals surface area contributed by atoms with Gasteiger partial charge in [-0.1, -0.05) is 23.8 Å². The third kappa shape index (κ3) is 2.75. The molecule has 0 amide bonds. The van der Waals surface area contributed by atoms with Crippen molar-refractivity contribution in [3.63, 3.8) is 0 Å². The summed E-state index contributed by atoms with van der Waals surface area (Å²) in [6, 6.07) is 3.87. The molecule has 5 heteroatoms. The number of aliphatic hydroxyl groups is 1. The molecule has 4 rings (SSSR count). The molecule has 0 bridgehead atoms. The summed E-state index contributed by atoms with van der Waals surface area (Å²) in [5.74, 6) is 0.736. The highest BCUT2D eigenvalue weighted by molar-refractivity contribution is 5.85. The smallest absolute Gasteiger partial charge is 0.336 e. The molecule has 1 aliphatic carbocycles. The second-order valence-electron chi connectivity index (χ2n) is 7.87. The van der Waals surface area contributed by atoms with E-state index in [-0.39, 0.29) is 11.5 Å². The topological polar surface area (TPSA) is 59.0 Å². The van der Waals surface area contributed by atoms with E-state index in [1.54, 1.807) is 0 Å². The lowest BCUT2D eigenvalue weighted by Crippen LogP contribution is -2.42. The Balaban J connectivity index is 1.82. The number of carbonyl (C=O) groups is 1. The molecular formula is C21H25NO4. The summed E-state index contributed by atoms with van der Waals surface area (Å²) in [6.07, 6.45) is 6.31. The lowest BCUT2D eigenvalue weighted by atomic mass is 9.69. The first-order valence-electron chi connectivity index (χ1n) is 9.15. The molecule has 0 radical (unpaired) electrons. The molecule has 2 aliphatic heterocycles. The van der Waals surface area contributed by atoms with Crippen LogP contribution in [-0.2, 0) is 16.8 Å². The molecule has 1 N–H and O–H groups in total. The lowest BCUT2D eigenvalue weighted by molar-refractivity contribution is -0.129. The summed E-state index contributed by atoms with van der Waals surface area (Å²) < 4.78 is 11.9. The van der Waals surface area contributed by atoms with Gasteiger partial charge >= 0.3 is 5.97 Å². The zero-order chi connectivity index (χ0) is 18.5. The highest BCUT2D eigenvalue weighted by Gasteiger charge is 2.52. The summed E-state index contributed by atoms with van der Waals surface area (Å²) in [5, 5.41) is 10.1. The molecule has 1 aromatic rings. The second-order valence-corrected chi connectivity index (χ2v) is 7.87. The standard InChI is InChI=1S/C21H25NO4/c1-13(2)10-18(24)25-16-5-4-14-12-22(3)9-8-21-7-6-15(23)11-17(21)26-20(16)19(14)21/h4-7,10,15,17,23H,8-9,11-12H2,1-3H3/t15-,17?,21-/m0/s1. The van der Waals surface area contributed by atoms with Crippen molar-refractivity contribution in [3.8, 4) is 11.5 Å². The minimum absolute atomic E-state index is 0.133. The van der Waals surface area contributed by atoms with Crippen molar-refractivity contribution in [1.29, 1.82) is 0 Å². The highest BCUT2D eigenvalue weighted by atomic mass is 16.6. The van der Waals surface area contributed by atoms with Crippen molar-refractivity contribution in [2.24, 2.45) is 0 Å². The normalized spacial score (nSPS) is 29.2. The zero-order valence-corrected chi connectivity index (χ0v) is 15.5. The number of esters is 1. The Morgan fingerprint density at radius 1 is 1.42 bits per heavy atom. The minimum atomic E-state index is -0.499. The molecular weight excluding hydrogens is 330 g/mol. The van der Waals surface area contributed by atoms with Crippen molar-refractivity contribution < 1.29 is 19.4 Å². The summed E-state index contributed by atoms with van der Waals surface area (Å²) >= 11 is 0. The van der Waals surface area contributed by atoms with Gasteiger partial charge in [-0.2, -0.15) is 0 Å². The maximum atomic E-state index is 12.1. The molecule has 26 heavy (non-hydrogen) atoms. The lowest BCUT2D eigenvalue weighted by Gasteiger charge is -2.35. The summed E-state index contributed by atoms with van der Waals surface area (Å²) in [4.78, 5) is 14.4. The van der Waals surface area contributed by atoms with Gasteiger partial charge in [0.1, 0.15) is 6.10 Å². The number of benzene rings is 1. The van der Waals surface area contributed by atoms with Gasteiger partial charge < -0.3 is 19.5 Å². The van der Waals surface area contributed by atoms with E-state index in [0.29, 0.717) is 17.9 Å². The maximum Gasteiger partial charge on any atom is 0.336 e. The van der Waals surface area contributed by atoms with E-state index in [1.807, 2.05) is 32.1 Å². The Hall–Kier alpha value is -2.11. The number of hydrogen-bond donors (Lipinski definition) is 1. The highest BCUT2D eigenvalue weighted by Crippen LogP contribution is 2.55. The van der Waals surface area contributed by atoms with E-state index in [1.165, 1.54) is 11.6 Å². The van der Waals surface area contributed by atoms with Crippen LogP contribution in [0.5, 0.6) is 11.5 Å². The molecule has 0 saturated carbocycles. The molecule has 3 atom stereocenters. The largest absolute Gasteiger partial charge is 0.485 e. The molecule has 2 heterocycles. The van der Waals surface area contributed by atoms with Gasteiger partial charge in [0.2, 0.25) is 0 Å². The number of ether oxygens (including phenoxy) is 2. The SMILES string of the molecule is CC(C)=CC(=O)Oc1ccc2c3c1OC1C[C@@H](O)C=C[C@@]31CCN(C)C2. The van der Waals surface area contributed by atoms with Crippen LogP contribution >= 0.6 is 0 Å². The Labute approximate surface area is 153 Å². The number of carbonyl (C=O) groups excluding carboxylic acids is 1. The van der Waals surface area contributed by atoms with E-state index < -0.39 is 12.1 Å². The summed E-state index contributed by atoms with van der Waals surface area (Å²) in [5.41, 5.74) is 2.95. The van der Waals surface area contributed by atoms with Gasteiger partial charge in [-0.25, -0.2) is 4.79 Å². The minimum Gasteiger partial charge on any atom is -0.485 e. The Bertz CT molecular complexity index is 808. The molecule has 5 nitrogen and oxygen atoms in total. The number of hydrogen-bond acceptors (Lipinski definition) is 5. The first-order chi connectivity index (χ1) is 12.4. The fourth-order valence-corrected chi connectivity index (χ4v) is 4.37. The number of aliphatic hydroxyl groups excluding tert-OH is 1. The van der Waals surface area contributed by atoms with Crippen LogP contribution in [0.1, 0.15) is 37.8 Å². The monoisotopic (exact) mass is 355 g/mol. The molecule has 0 fully saturated rings. The molecule has 0 aromatic heterocycles. The molecule has 1 unspecified atom stereocenters. The maximum absolute atomic E-state index is 12.1. The van der Waals surface area contributed by atoms with Gasteiger partial charge in [-0.15, -0.1) is 0 Å². The van der Waals surface area contributed by atoms with Crippen LogP contribution in [-0.4, -0.2) is 41.8 Å². The molecule has 3 aliphatic rings. The van der Waals surface area contributed by atoms with E-state index >= 15 is 0 Å². The van der Waals surface area contributed by atoms with Crippen molar-refractivity contribution in [2.45, 2.75) is 50.9 Å². The van der Waals surface area contributed by atoms with Crippen molar-refractivity contribution in [1.82, 2.24) is 4.90 Å². The third-order valence-electron chi connectivity index (χ3n) is 5.54. The summed E-state index contributed by atoms with van der Waals surface area (Å²) in [6.45, 7) is 5.50. The molecule has 0 saturated heterocycles. The van der Waals surface area contributed by atoms with Gasteiger partial charge in [0, 0.05) is 24.6 Å². The first-order valence-corrected chi connectivity index (χ1v) is 9.15. The van der Waals surface area contributed by atoms with Crippen LogP contribution in [0.3, 0.4) is 0 Å². The number of rotatable bonds is 2. The third-order valence-corrected chi connectivity index (χ3v) is 5.54. The average molecular weight is 355 g/mol. The Morgan fingerprint density at radius 2 is 2.23 bits per heavy atom. The van der Waals surface area contributed by atoms with Crippen LogP contribution in [0.4, 0.5) is 0 Å². The van der Waals surface area contributed by atoms with Crippen LogP contribution < -0.4 is 9.47 Å². The Morgan fingerprint density at radius 3 is 3.00 bits per heavy atom. The van der Waals surface area contributed by atoms with Crippen LogP contribution in [0.15, 0.2) is 35.9 Å². The predicted octanol–water partition coefficient (Wildman–Crippen LogP) is 2.71. The van der Waals surface area contributed by atoms with Crippen LogP contribution in [0.25, 0.3) is 0 Å². The van der Waals surface area contributed by atoms with Crippen molar-refractivity contribution in [3.05, 3.63) is 47.1 Å². The van der Waals surface area contributed by atoms with Crippen LogP contribution in [0, 0.1) is 0 Å². The molecule has 1 aromatic carbocycles. The van der Waals surface area contributed by atoms with Crippen molar-refractivity contribution in [2.75, 3.05) is 13.6 Å². The second kappa shape index (κ2) is 6.25. The molecule has 138 valence electrons. The van der Waals surface area contributed by atoms with E-state index in [0.717, 1.165) is 30.6 Å². The quantitative estimate of drug-likeness (QED) is 0.383. The van der Waals surface area contributed by atoms with E-state index in [9.17, 15) is 9.90 Å². The zero-order valence-electron chi connectivity index (χ0n) is 15.5. The average Bonchev–Trinajstić information content (AvgIpc) is 2.82. The predicted molar refractivity (Wildman–Crippen MR) is 98.3 cm³/mol. The van der Waals surface area contributed by atoms with Gasteiger partial charge in [0.05, 0.1) is 11.5 Å².